The van der Waals surface area contributed by atoms with Crippen LogP contribution in [0.15, 0.2) is 146 Å². The van der Waals surface area contributed by atoms with Crippen LogP contribution in [0.3, 0.4) is 0 Å². The van der Waals surface area contributed by atoms with Gasteiger partial charge in [0.25, 0.3) is 0 Å². The molecule has 80 heavy (non-hydrogen) atoms. The van der Waals surface area contributed by atoms with Crippen LogP contribution in [0, 0.1) is 53.7 Å². The predicted molar refractivity (Wildman–Crippen MR) is 306 cm³/mol. The molecule has 8 aromatic carbocycles. The summed E-state index contributed by atoms with van der Waals surface area (Å²) in [6.07, 6.45) is 1.83. The van der Waals surface area contributed by atoms with Gasteiger partial charge in [0.2, 0.25) is 0 Å². The summed E-state index contributed by atoms with van der Waals surface area (Å²) in [5.41, 5.74) is 6.28. The summed E-state index contributed by atoms with van der Waals surface area (Å²) in [6.45, 7) is 22.3. The van der Waals surface area contributed by atoms with Crippen LogP contribution in [-0.2, 0) is 31.9 Å². The number of anilines is 4. The molecule has 2 aromatic heterocycles. The van der Waals surface area contributed by atoms with Crippen molar-refractivity contribution in [2.24, 2.45) is 0 Å². The average molecular weight is 1260 g/mol. The quantitative estimate of drug-likeness (QED) is 0.101. The van der Waals surface area contributed by atoms with E-state index in [1.807, 2.05) is 86.5 Å². The Morgan fingerprint density at radius 1 is 0.525 bits per heavy atom. The summed E-state index contributed by atoms with van der Waals surface area (Å²) in [6, 6.07) is 46.2. The Morgan fingerprint density at radius 2 is 1.07 bits per heavy atom. The van der Waals surface area contributed by atoms with Gasteiger partial charge in [0, 0.05) is 96.7 Å². The van der Waals surface area contributed by atoms with Gasteiger partial charge in [0.05, 0.1) is 11.1 Å². The molecule has 0 amide bonds. The number of hydrogen-bond donors (Lipinski definition) is 0. The van der Waals surface area contributed by atoms with Crippen LogP contribution in [0.1, 0.15) is 103 Å². The molecule has 3 heterocycles. The molecule has 0 unspecified atom stereocenters. The van der Waals surface area contributed by atoms with Crippen LogP contribution in [0.25, 0.3) is 61.0 Å². The Balaban J connectivity index is 0.00000720. The molecular formula is C68H57F6N4OPt-3. The van der Waals surface area contributed by atoms with E-state index in [0.29, 0.717) is 58.4 Å². The third-order valence-electron chi connectivity index (χ3n) is 14.8. The number of hydrogen-bond acceptors (Lipinski definition) is 4. The number of pyridine rings is 1. The van der Waals surface area contributed by atoms with Crippen LogP contribution in [0.2, 0.25) is 0 Å². The van der Waals surface area contributed by atoms with Crippen molar-refractivity contribution >= 4 is 44.6 Å². The smallest absolute Gasteiger partial charge is 0.136 e. The van der Waals surface area contributed by atoms with E-state index in [4.69, 9.17) is 9.72 Å². The van der Waals surface area contributed by atoms with Gasteiger partial charge >= 0.3 is 0 Å². The molecule has 0 spiro atoms. The number of para-hydroxylation sites is 3. The molecule has 0 radical (unpaired) electrons. The second kappa shape index (κ2) is 21.1. The first-order chi connectivity index (χ1) is 37.5. The Labute approximate surface area is 477 Å². The Morgan fingerprint density at radius 3 is 1.64 bits per heavy atom. The summed E-state index contributed by atoms with van der Waals surface area (Å²) < 4.78 is 104. The van der Waals surface area contributed by atoms with Gasteiger partial charge in [-0.15, -0.1) is 53.6 Å². The number of nitrogens with zero attached hydrogens (tertiary/aromatic N) is 4. The van der Waals surface area contributed by atoms with Gasteiger partial charge in [-0.25, -0.2) is 31.3 Å². The standard InChI is InChI=1S/C68H57F6N4O.Pt/c1-38(2)48-17-15-18-49(39(3)4)63(48)40-26-45(35-47(27-40)79-46-22-23-51-50-16-11-12-19-58(50)78(61(51)36-46)62-30-41(24-25-75-62)67(5,6)7)76-37-77(60-21-14-13-20-59(60)76)66-52(64-54(71)31-43(69)32-55(64)72)28-42(68(8,9)10)29-53(66)65-56(73)33-44(70)34-57(65)74;/h11-34,37-39H,1-10H3;/q-3;. The number of halogens is 6. The van der Waals surface area contributed by atoms with Crippen LogP contribution < -0.4 is 14.5 Å². The summed E-state index contributed by atoms with van der Waals surface area (Å²) in [7, 11) is 0. The van der Waals surface area contributed by atoms with Gasteiger partial charge in [0.1, 0.15) is 40.7 Å². The zero-order chi connectivity index (χ0) is 56.0. The van der Waals surface area contributed by atoms with Crippen LogP contribution >= 0.6 is 0 Å². The fourth-order valence-electron chi connectivity index (χ4n) is 10.8. The second-order valence-electron chi connectivity index (χ2n) is 22.9. The molecule has 0 aliphatic carbocycles. The topological polar surface area (TPSA) is 33.5 Å². The molecule has 12 heteroatoms. The van der Waals surface area contributed by atoms with Gasteiger partial charge in [-0.1, -0.05) is 123 Å². The van der Waals surface area contributed by atoms with E-state index in [0.717, 1.165) is 55.4 Å². The summed E-state index contributed by atoms with van der Waals surface area (Å²) in [4.78, 5) is 8.29. The largest absolute Gasteiger partial charge is 0.509 e. The van der Waals surface area contributed by atoms with E-state index in [1.54, 1.807) is 35.8 Å². The molecule has 410 valence electrons. The number of aromatic nitrogens is 2. The minimum atomic E-state index is -1.24. The average Bonchev–Trinajstić information content (AvgIpc) is 3.93. The minimum Gasteiger partial charge on any atom is -0.509 e. The zero-order valence-corrected chi connectivity index (χ0v) is 48.1. The molecule has 0 N–H and O–H groups in total. The maximum Gasteiger partial charge on any atom is 0.136 e. The fraction of sp³-hybridized carbons (Fsp3) is 0.206. The number of fused-ring (bicyclic) bond motifs is 4. The SMILES string of the molecule is CC(C)c1cccc(C(C)C)c1-c1cc(Oc2[c-]c3c(cc2)c2ccccc2n3-c2cc(C(C)(C)C)ccn2)[c-]c(N2[CH-]N(c3c(-c4c(F)cc(F)cc4F)cc(C(C)(C)C)cc3-c3c(F)cc(F)cc3F)c3ccccc32)c1.[Pt]. The van der Waals surface area contributed by atoms with E-state index in [9.17, 15) is 8.78 Å². The molecule has 11 rings (SSSR count). The Bertz CT molecular complexity index is 3910. The molecule has 0 fully saturated rings. The fourth-order valence-corrected chi connectivity index (χ4v) is 10.8. The first kappa shape index (κ1) is 55.7. The Kier molecular flexibility index (Phi) is 14.7. The monoisotopic (exact) mass is 1250 g/mol. The van der Waals surface area contributed by atoms with Gasteiger partial charge in [0.15, 0.2) is 0 Å². The third-order valence-corrected chi connectivity index (χ3v) is 14.8. The third kappa shape index (κ3) is 10.1. The maximum absolute atomic E-state index is 16.4. The van der Waals surface area contributed by atoms with Crippen molar-refractivity contribution in [1.82, 2.24) is 9.55 Å². The van der Waals surface area contributed by atoms with Crippen molar-refractivity contribution in [1.29, 1.82) is 0 Å². The summed E-state index contributed by atoms with van der Waals surface area (Å²) in [5.74, 6) is -5.57. The Hall–Kier alpha value is -7.62. The van der Waals surface area contributed by atoms with E-state index in [2.05, 4.69) is 102 Å². The molecule has 5 nitrogen and oxygen atoms in total. The van der Waals surface area contributed by atoms with Gasteiger partial charge in [-0.3, -0.25) is 0 Å². The second-order valence-corrected chi connectivity index (χ2v) is 22.9. The first-order valence-corrected chi connectivity index (χ1v) is 26.4. The van der Waals surface area contributed by atoms with Gasteiger partial charge < -0.3 is 19.1 Å². The molecule has 0 saturated heterocycles. The van der Waals surface area contributed by atoms with Gasteiger partial charge in [-0.05, 0) is 98.3 Å². The van der Waals surface area contributed by atoms with E-state index < -0.39 is 51.4 Å². The van der Waals surface area contributed by atoms with Crippen LogP contribution in [0.5, 0.6) is 11.5 Å². The first-order valence-electron chi connectivity index (χ1n) is 26.4. The van der Waals surface area contributed by atoms with Crippen LogP contribution in [0.4, 0.5) is 49.1 Å². The molecule has 1 aliphatic rings. The molecule has 10 aromatic rings. The van der Waals surface area contributed by atoms with Crippen molar-refractivity contribution in [2.75, 3.05) is 9.80 Å². The van der Waals surface area contributed by atoms with Crippen molar-refractivity contribution in [3.63, 3.8) is 0 Å². The van der Waals surface area contributed by atoms with E-state index >= 15 is 17.6 Å². The molecule has 0 bridgehead atoms. The molecule has 0 saturated carbocycles. The zero-order valence-electron chi connectivity index (χ0n) is 45.9. The van der Waals surface area contributed by atoms with Crippen molar-refractivity contribution in [2.45, 2.75) is 91.9 Å². The molecule has 0 atom stereocenters. The summed E-state index contributed by atoms with van der Waals surface area (Å²) >= 11 is 0. The maximum atomic E-state index is 16.4. The van der Waals surface area contributed by atoms with Crippen molar-refractivity contribution < 1.29 is 52.1 Å². The number of benzene rings is 8. The van der Waals surface area contributed by atoms with Crippen molar-refractivity contribution in [3.8, 4) is 50.7 Å². The molecular weight excluding hydrogens is 1200 g/mol. The summed E-state index contributed by atoms with van der Waals surface area (Å²) in [5, 5.41) is 1.97. The van der Waals surface area contributed by atoms with E-state index in [1.165, 1.54) is 0 Å². The van der Waals surface area contributed by atoms with E-state index in [-0.39, 0.29) is 55.1 Å². The molecule has 1 aliphatic heterocycles. The number of ether oxygens (including phenoxy) is 1. The van der Waals surface area contributed by atoms with Gasteiger partial charge in [-0.2, -0.15) is 6.07 Å². The van der Waals surface area contributed by atoms with Crippen molar-refractivity contribution in [3.05, 3.63) is 222 Å². The normalized spacial score (nSPS) is 12.8. The van der Waals surface area contributed by atoms with Crippen LogP contribution in [-0.4, -0.2) is 9.55 Å². The predicted octanol–water partition coefficient (Wildman–Crippen LogP) is 19.7. The number of rotatable bonds is 10. The minimum absolute atomic E-state index is 0.